The normalized spacial score (nSPS) is 49.5. The molecule has 26 heteroatoms. The van der Waals surface area contributed by atoms with E-state index in [0.29, 0.717) is 18.8 Å². The maximum Gasteiger partial charge on any atom is 0.198 e. The van der Waals surface area contributed by atoms with Gasteiger partial charge in [0.1, 0.15) is 61.0 Å². The van der Waals surface area contributed by atoms with Crippen LogP contribution in [0.25, 0.3) is 0 Å². The zero-order chi connectivity index (χ0) is 53.0. The Morgan fingerprint density at radius 2 is 1.17 bits per heavy atom. The van der Waals surface area contributed by atoms with Crippen molar-refractivity contribution in [3.8, 4) is 0 Å². The smallest absolute Gasteiger partial charge is 0.198 e. The highest BCUT2D eigenvalue weighted by Gasteiger charge is 2.76. The summed E-state index contributed by atoms with van der Waals surface area (Å²) in [5, 5.41) is 190. The minimum atomic E-state index is -2.54. The minimum absolute atomic E-state index is 0.294. The van der Waals surface area contributed by atoms with Gasteiger partial charge in [0.25, 0.3) is 0 Å². The van der Waals surface area contributed by atoms with Crippen molar-refractivity contribution in [2.75, 3.05) is 45.4 Å². The average molecular weight is 1070 g/mol. The number of aliphatic hydroxyl groups excluding tert-OH is 16. The van der Waals surface area contributed by atoms with Crippen molar-refractivity contribution in [3.63, 3.8) is 0 Å². The Kier molecular flexibility index (Phi) is 19.5. The van der Waals surface area contributed by atoms with Crippen LogP contribution < -0.4 is 0 Å². The molecule has 18 unspecified atom stereocenters. The molecule has 0 radical (unpaired) electrons. The number of hydrogen-bond acceptors (Lipinski definition) is 26. The highest BCUT2D eigenvalue weighted by molar-refractivity contribution is 7.80. The van der Waals surface area contributed by atoms with E-state index >= 15 is 0 Å². The van der Waals surface area contributed by atoms with Crippen LogP contribution in [0.15, 0.2) is 0 Å². The fraction of sp³-hybridized carbons (Fsp3) is 1.00. The van der Waals surface area contributed by atoms with E-state index in [1.165, 1.54) is 0 Å². The first-order chi connectivity index (χ1) is 34.0. The molecule has 7 aliphatic rings. The van der Waals surface area contributed by atoms with Gasteiger partial charge in [-0.2, -0.15) is 12.6 Å². The highest BCUT2D eigenvalue weighted by atomic mass is 32.1. The van der Waals surface area contributed by atoms with E-state index in [4.69, 9.17) is 37.9 Å². The molecule has 4 heterocycles. The van der Waals surface area contributed by atoms with Gasteiger partial charge < -0.3 is 125 Å². The summed E-state index contributed by atoms with van der Waals surface area (Å²) in [6.07, 6.45) is -32.7. The average Bonchev–Trinajstić information content (AvgIpc) is 3.82. The van der Waals surface area contributed by atoms with Crippen LogP contribution in [-0.2, 0) is 37.9 Å². The predicted molar refractivity (Wildman–Crippen MR) is 243 cm³/mol. The maximum absolute atomic E-state index is 12.1. The number of hydrogen-bond donors (Lipinski definition) is 18. The third kappa shape index (κ3) is 10.4. The summed E-state index contributed by atoms with van der Waals surface area (Å²) in [4.78, 5) is 0. The molecule has 0 aromatic heterocycles. The number of thiol groups is 1. The zero-order valence-electron chi connectivity index (χ0n) is 40.7. The molecule has 0 aromatic carbocycles. The lowest BCUT2D eigenvalue weighted by Crippen LogP contribution is -2.72. The molecule has 0 bridgehead atoms. The Morgan fingerprint density at radius 3 is 1.75 bits per heavy atom. The molecular formula is C46H80O25S. The molecular weight excluding hydrogens is 985 g/mol. The van der Waals surface area contributed by atoms with E-state index in [1.54, 1.807) is 27.7 Å². The Bertz CT molecular complexity index is 1730. The van der Waals surface area contributed by atoms with Gasteiger partial charge in [-0.05, 0) is 46.3 Å². The highest BCUT2D eigenvalue weighted by Crippen LogP contribution is 2.61. The molecule has 4 saturated heterocycles. The molecule has 420 valence electrons. The van der Waals surface area contributed by atoms with Gasteiger partial charge in [0.15, 0.2) is 18.4 Å². The van der Waals surface area contributed by atoms with Crippen molar-refractivity contribution in [3.05, 3.63) is 0 Å². The Balaban J connectivity index is 1.11. The van der Waals surface area contributed by atoms with Gasteiger partial charge in [-0.25, -0.2) is 0 Å². The summed E-state index contributed by atoms with van der Waals surface area (Å²) in [5.41, 5.74) is -1.22. The molecule has 4 aliphatic heterocycles. The third-order valence-electron chi connectivity index (χ3n) is 16.8. The van der Waals surface area contributed by atoms with Crippen LogP contribution in [0.5, 0.6) is 0 Å². The van der Waals surface area contributed by atoms with Crippen LogP contribution in [0.2, 0.25) is 0 Å². The summed E-state index contributed by atoms with van der Waals surface area (Å²) in [5.74, 6) is -12.0. The van der Waals surface area contributed by atoms with Crippen LogP contribution in [0.1, 0.15) is 47.0 Å². The van der Waals surface area contributed by atoms with E-state index in [1.807, 2.05) is 0 Å². The first-order valence-corrected chi connectivity index (χ1v) is 25.7. The number of fused-ring (bicyclic) bond motifs is 2. The van der Waals surface area contributed by atoms with Crippen LogP contribution in [0, 0.1) is 47.3 Å². The maximum atomic E-state index is 12.1. The summed E-state index contributed by atoms with van der Waals surface area (Å²) in [6, 6.07) is 0. The molecule has 0 spiro atoms. The van der Waals surface area contributed by atoms with Gasteiger partial charge in [-0.1, -0.05) is 6.42 Å². The summed E-state index contributed by atoms with van der Waals surface area (Å²) < 4.78 is 48.0. The van der Waals surface area contributed by atoms with E-state index in [0.717, 1.165) is 12.8 Å². The van der Waals surface area contributed by atoms with E-state index in [9.17, 15) is 86.8 Å². The summed E-state index contributed by atoms with van der Waals surface area (Å²) in [7, 11) is 0. The molecule has 30 atom stereocenters. The second-order valence-electron chi connectivity index (χ2n) is 21.6. The van der Waals surface area contributed by atoms with E-state index in [-0.39, 0.29) is 0 Å². The summed E-state index contributed by atoms with van der Waals surface area (Å²) >= 11 is 4.22. The lowest BCUT2D eigenvalue weighted by atomic mass is 9.71. The molecule has 25 nitrogen and oxygen atoms in total. The first-order valence-electron chi connectivity index (χ1n) is 25.1. The summed E-state index contributed by atoms with van der Waals surface area (Å²) in [6.45, 7) is 2.82. The lowest BCUT2D eigenvalue weighted by Gasteiger charge is -2.57. The minimum Gasteiger partial charge on any atom is -0.396 e. The van der Waals surface area contributed by atoms with Gasteiger partial charge in [0.05, 0.1) is 92.4 Å². The Morgan fingerprint density at radius 1 is 0.569 bits per heavy atom. The van der Waals surface area contributed by atoms with Crippen molar-refractivity contribution in [2.45, 2.75) is 193 Å². The molecule has 7 fully saturated rings. The van der Waals surface area contributed by atoms with Crippen molar-refractivity contribution in [1.82, 2.24) is 0 Å². The van der Waals surface area contributed by atoms with Crippen molar-refractivity contribution in [2.24, 2.45) is 47.3 Å². The second kappa shape index (κ2) is 23.8. The van der Waals surface area contributed by atoms with Crippen LogP contribution in [0.3, 0.4) is 0 Å². The molecule has 17 N–H and O–H groups in total. The van der Waals surface area contributed by atoms with Crippen molar-refractivity contribution >= 4 is 12.6 Å². The van der Waals surface area contributed by atoms with Crippen LogP contribution >= 0.6 is 12.6 Å². The Labute approximate surface area is 422 Å². The third-order valence-corrected chi connectivity index (χ3v) is 17.1. The lowest BCUT2D eigenvalue weighted by molar-refractivity contribution is -0.418. The van der Waals surface area contributed by atoms with Crippen molar-refractivity contribution < 1.29 is 125 Å². The monoisotopic (exact) mass is 1060 g/mol. The number of ether oxygens (including phenoxy) is 8. The topological polar surface area (TPSA) is 418 Å². The zero-order valence-corrected chi connectivity index (χ0v) is 41.6. The fourth-order valence-corrected chi connectivity index (χ4v) is 13.1. The van der Waals surface area contributed by atoms with Crippen molar-refractivity contribution in [1.29, 1.82) is 0 Å². The molecule has 0 aromatic rings. The fourth-order valence-electron chi connectivity index (χ4n) is 12.9. The van der Waals surface area contributed by atoms with Gasteiger partial charge in [0, 0.05) is 61.2 Å². The standard InChI is InChI=1S/C46H80O25S/c1-15(2)65-39-33(59)30(56)20(14-51)67-44(39)70-34-18(12-49)28(54)31(57)24(34)43(62)69-38-32(58)29(55)19(13-50)66-40(38)37-21-16(10-47)26(52)22(35(21)68-37)42(61)46(63)25-17(11-48)27(53)23(36(25)71-46)41(60)45(3,4)64-8-6-5-7-9-72/h15-44,47-63,72H,5-14H2,1-4H3/t16?,17?,18?,19?,20?,21-,22?,23?,24?,25-,26?,27-,28-,29-,30-,31?,32?,33?,34-,35?,36?,37?,38?,39?,40-,41+,42+,43-,44-,46?/m1/s1. The van der Waals surface area contributed by atoms with Gasteiger partial charge >= 0.3 is 0 Å². The molecule has 0 amide bonds. The van der Waals surface area contributed by atoms with E-state index in [2.05, 4.69) is 12.6 Å². The largest absolute Gasteiger partial charge is 0.396 e. The molecule has 7 rings (SSSR count). The quantitative estimate of drug-likeness (QED) is 0.0257. The molecule has 3 aliphatic carbocycles. The second-order valence-corrected chi connectivity index (χ2v) is 22.1. The van der Waals surface area contributed by atoms with Crippen LogP contribution in [0.4, 0.5) is 0 Å². The van der Waals surface area contributed by atoms with Gasteiger partial charge in [-0.3, -0.25) is 0 Å². The number of unbranched alkanes of at least 4 members (excludes halogenated alkanes) is 2. The first kappa shape index (κ1) is 59.0. The Hall–Kier alpha value is -0.650. The number of aliphatic hydroxyl groups is 17. The predicted octanol–water partition coefficient (Wildman–Crippen LogP) is -7.35. The van der Waals surface area contributed by atoms with E-state index < -0.39 is 226 Å². The molecule has 72 heavy (non-hydrogen) atoms. The number of rotatable bonds is 23. The van der Waals surface area contributed by atoms with Gasteiger partial charge in [-0.15, -0.1) is 0 Å². The molecule has 3 saturated carbocycles. The van der Waals surface area contributed by atoms with Gasteiger partial charge in [0.2, 0.25) is 0 Å². The SMILES string of the molecule is CC(C)OC1C(O)[C@H](O)C(CO)O[C@@H]1O[C@@H]1C(CO)[C@@H](O)C(O)C1[C@H](O)OC1C(O)[C@H](O)C(CO)O[C@@H]1C1OC2C([C@H](O)C3(O)OC4C([C@H](O)C(C)(C)OCCCCCS)[C@H](O)C(CO)[C@H]43)C(O)C(CO)[C@H]21. The van der Waals surface area contributed by atoms with Crippen LogP contribution in [-0.4, -0.2) is 278 Å².